The predicted octanol–water partition coefficient (Wildman–Crippen LogP) is 4.96. The lowest BCUT2D eigenvalue weighted by atomic mass is 10.0. The van der Waals surface area contributed by atoms with E-state index in [2.05, 4.69) is 9.71 Å². The van der Waals surface area contributed by atoms with Gasteiger partial charge in [-0.05, 0) is 61.9 Å². The topological polar surface area (TPSA) is 59.1 Å². The van der Waals surface area contributed by atoms with Crippen molar-refractivity contribution in [1.82, 2.24) is 4.98 Å². The molecular formula is C19H16ClFN2O2S. The lowest BCUT2D eigenvalue weighted by Crippen LogP contribution is -2.14. The molecule has 3 rings (SSSR count). The van der Waals surface area contributed by atoms with Gasteiger partial charge in [-0.25, -0.2) is 17.8 Å². The first-order valence-electron chi connectivity index (χ1n) is 7.79. The summed E-state index contributed by atoms with van der Waals surface area (Å²) in [6.07, 6.45) is 0. The second-order valence-electron chi connectivity index (χ2n) is 5.88. The molecule has 0 amide bonds. The predicted molar refractivity (Wildman–Crippen MR) is 101 cm³/mol. The molecule has 4 nitrogen and oxygen atoms in total. The average Bonchev–Trinajstić information content (AvgIpc) is 2.55. The van der Waals surface area contributed by atoms with E-state index in [4.69, 9.17) is 11.6 Å². The van der Waals surface area contributed by atoms with Gasteiger partial charge in [0.05, 0.1) is 9.92 Å². The van der Waals surface area contributed by atoms with Crippen LogP contribution in [0.5, 0.6) is 0 Å². The monoisotopic (exact) mass is 390 g/mol. The molecule has 2 aromatic carbocycles. The largest absolute Gasteiger partial charge is 0.263 e. The molecule has 26 heavy (non-hydrogen) atoms. The SMILES string of the molecule is Cc1cccc(S(=O)(=O)Nc2ccc(-c3ccc(F)cc3Cl)c(C)n2)c1. The van der Waals surface area contributed by atoms with Crippen molar-refractivity contribution in [2.45, 2.75) is 18.7 Å². The lowest BCUT2D eigenvalue weighted by molar-refractivity contribution is 0.601. The normalized spacial score (nSPS) is 11.4. The van der Waals surface area contributed by atoms with Crippen LogP contribution in [0.15, 0.2) is 59.5 Å². The van der Waals surface area contributed by atoms with Gasteiger partial charge in [0, 0.05) is 16.8 Å². The molecule has 0 saturated carbocycles. The molecule has 0 unspecified atom stereocenters. The Hall–Kier alpha value is -2.44. The van der Waals surface area contributed by atoms with Crippen LogP contribution < -0.4 is 4.72 Å². The van der Waals surface area contributed by atoms with Crippen molar-refractivity contribution in [2.24, 2.45) is 0 Å². The van der Waals surface area contributed by atoms with Gasteiger partial charge in [-0.15, -0.1) is 0 Å². The summed E-state index contributed by atoms with van der Waals surface area (Å²) in [6.45, 7) is 3.56. The first-order valence-corrected chi connectivity index (χ1v) is 9.65. The summed E-state index contributed by atoms with van der Waals surface area (Å²) in [5, 5.41) is 0.267. The summed E-state index contributed by atoms with van der Waals surface area (Å²) >= 11 is 6.10. The van der Waals surface area contributed by atoms with Crippen molar-refractivity contribution >= 4 is 27.4 Å². The summed E-state index contributed by atoms with van der Waals surface area (Å²) < 4.78 is 40.7. The number of pyridine rings is 1. The number of rotatable bonds is 4. The quantitative estimate of drug-likeness (QED) is 0.685. The van der Waals surface area contributed by atoms with Crippen molar-refractivity contribution in [3.05, 3.63) is 76.7 Å². The third kappa shape index (κ3) is 3.86. The molecule has 1 heterocycles. The third-order valence-electron chi connectivity index (χ3n) is 3.85. The van der Waals surface area contributed by atoms with E-state index >= 15 is 0 Å². The van der Waals surface area contributed by atoms with Crippen LogP contribution in [-0.4, -0.2) is 13.4 Å². The van der Waals surface area contributed by atoms with Crippen molar-refractivity contribution in [3.8, 4) is 11.1 Å². The number of hydrogen-bond donors (Lipinski definition) is 1. The minimum absolute atomic E-state index is 0.169. The van der Waals surface area contributed by atoms with Crippen LogP contribution in [0, 0.1) is 19.7 Å². The maximum Gasteiger partial charge on any atom is 0.263 e. The van der Waals surface area contributed by atoms with E-state index in [1.165, 1.54) is 18.2 Å². The van der Waals surface area contributed by atoms with Gasteiger partial charge in [0.25, 0.3) is 10.0 Å². The maximum absolute atomic E-state index is 13.2. The van der Waals surface area contributed by atoms with Crippen LogP contribution in [0.1, 0.15) is 11.3 Å². The third-order valence-corrected chi connectivity index (χ3v) is 5.51. The summed E-state index contributed by atoms with van der Waals surface area (Å²) in [6, 6.07) is 14.0. The van der Waals surface area contributed by atoms with Gasteiger partial charge in [0.15, 0.2) is 0 Å². The standard InChI is InChI=1S/C19H16ClFN2O2S/c1-12-4-3-5-15(10-12)26(24,25)23-19-9-8-16(13(2)22-19)17-7-6-14(21)11-18(17)20/h3-11H,1-2H3,(H,22,23). The first kappa shape index (κ1) is 18.4. The number of hydrogen-bond acceptors (Lipinski definition) is 3. The number of nitrogens with zero attached hydrogens (tertiary/aromatic N) is 1. The van der Waals surface area contributed by atoms with Crippen molar-refractivity contribution in [1.29, 1.82) is 0 Å². The second kappa shape index (κ2) is 7.05. The Morgan fingerprint density at radius 2 is 1.73 bits per heavy atom. The maximum atomic E-state index is 13.2. The number of halogens is 2. The minimum Gasteiger partial charge on any atom is -0.263 e. The highest BCUT2D eigenvalue weighted by atomic mass is 35.5. The first-order chi connectivity index (χ1) is 12.3. The zero-order valence-electron chi connectivity index (χ0n) is 14.1. The molecular weight excluding hydrogens is 375 g/mol. The molecule has 7 heteroatoms. The number of sulfonamides is 1. The van der Waals surface area contributed by atoms with Crippen LogP contribution in [0.25, 0.3) is 11.1 Å². The van der Waals surface area contributed by atoms with E-state index in [1.807, 2.05) is 13.0 Å². The molecule has 1 aromatic heterocycles. The fourth-order valence-electron chi connectivity index (χ4n) is 2.59. The highest BCUT2D eigenvalue weighted by Crippen LogP contribution is 2.31. The number of nitrogens with one attached hydrogen (secondary N) is 1. The molecule has 0 radical (unpaired) electrons. The average molecular weight is 391 g/mol. The second-order valence-corrected chi connectivity index (χ2v) is 7.97. The molecule has 0 aliphatic heterocycles. The highest BCUT2D eigenvalue weighted by Gasteiger charge is 2.16. The number of benzene rings is 2. The van der Waals surface area contributed by atoms with E-state index in [-0.39, 0.29) is 15.7 Å². The number of aromatic nitrogens is 1. The molecule has 0 bridgehead atoms. The van der Waals surface area contributed by atoms with E-state index < -0.39 is 15.8 Å². The van der Waals surface area contributed by atoms with Crippen LogP contribution in [0.4, 0.5) is 10.2 Å². The molecule has 0 saturated heterocycles. The Morgan fingerprint density at radius 3 is 2.38 bits per heavy atom. The van der Waals surface area contributed by atoms with Gasteiger partial charge >= 0.3 is 0 Å². The minimum atomic E-state index is -3.73. The van der Waals surface area contributed by atoms with E-state index in [0.717, 1.165) is 5.56 Å². The Morgan fingerprint density at radius 1 is 1.00 bits per heavy atom. The van der Waals surface area contributed by atoms with Gasteiger partial charge in [-0.2, -0.15) is 0 Å². The molecule has 0 spiro atoms. The van der Waals surface area contributed by atoms with Crippen LogP contribution in [0.2, 0.25) is 5.02 Å². The van der Waals surface area contributed by atoms with Gasteiger partial charge in [0.2, 0.25) is 0 Å². The van der Waals surface area contributed by atoms with Gasteiger partial charge in [-0.1, -0.05) is 23.7 Å². The summed E-state index contributed by atoms with van der Waals surface area (Å²) in [5.41, 5.74) is 2.75. The summed E-state index contributed by atoms with van der Waals surface area (Å²) in [5.74, 6) is -0.224. The van der Waals surface area contributed by atoms with Crippen molar-refractivity contribution in [2.75, 3.05) is 4.72 Å². The lowest BCUT2D eigenvalue weighted by Gasteiger charge is -2.12. The molecule has 0 aliphatic rings. The zero-order valence-corrected chi connectivity index (χ0v) is 15.7. The molecule has 134 valence electrons. The molecule has 0 atom stereocenters. The Labute approximate surface area is 156 Å². The van der Waals surface area contributed by atoms with E-state index in [9.17, 15) is 12.8 Å². The highest BCUT2D eigenvalue weighted by molar-refractivity contribution is 7.92. The Kier molecular flexibility index (Phi) is 4.98. The van der Waals surface area contributed by atoms with Gasteiger partial charge < -0.3 is 0 Å². The van der Waals surface area contributed by atoms with Crippen LogP contribution >= 0.6 is 11.6 Å². The van der Waals surface area contributed by atoms with Crippen LogP contribution in [-0.2, 0) is 10.0 Å². The van der Waals surface area contributed by atoms with Crippen molar-refractivity contribution in [3.63, 3.8) is 0 Å². The van der Waals surface area contributed by atoms with Crippen molar-refractivity contribution < 1.29 is 12.8 Å². The van der Waals surface area contributed by atoms with Gasteiger partial charge in [0.1, 0.15) is 11.6 Å². The number of aryl methyl sites for hydroxylation is 2. The molecule has 1 N–H and O–H groups in total. The molecule has 0 aliphatic carbocycles. The van der Waals surface area contributed by atoms with E-state index in [0.29, 0.717) is 16.8 Å². The fourth-order valence-corrected chi connectivity index (χ4v) is 3.96. The summed E-state index contributed by atoms with van der Waals surface area (Å²) in [4.78, 5) is 4.47. The molecule has 0 fully saturated rings. The number of anilines is 1. The Balaban J connectivity index is 1.93. The zero-order chi connectivity index (χ0) is 18.9. The van der Waals surface area contributed by atoms with Gasteiger partial charge in [-0.3, -0.25) is 4.72 Å². The van der Waals surface area contributed by atoms with E-state index in [1.54, 1.807) is 37.3 Å². The van der Waals surface area contributed by atoms with Crippen LogP contribution in [0.3, 0.4) is 0 Å². The Bertz CT molecular complexity index is 1080. The summed E-state index contributed by atoms with van der Waals surface area (Å²) in [7, 11) is -3.73. The smallest absolute Gasteiger partial charge is 0.263 e. The fraction of sp³-hybridized carbons (Fsp3) is 0.105. The molecule has 3 aromatic rings.